The summed E-state index contributed by atoms with van der Waals surface area (Å²) in [7, 11) is 1.63. The summed E-state index contributed by atoms with van der Waals surface area (Å²) in [6.45, 7) is 3.62. The molecule has 3 rings (SSSR count). The van der Waals surface area contributed by atoms with E-state index in [4.69, 9.17) is 4.74 Å². The number of benzene rings is 2. The molecule has 0 N–H and O–H groups in total. The number of hydrogen-bond donors (Lipinski definition) is 0. The molecule has 1 heterocycles. The van der Waals surface area contributed by atoms with Crippen molar-refractivity contribution in [2.24, 2.45) is 5.92 Å². The molecule has 0 radical (unpaired) electrons. The van der Waals surface area contributed by atoms with E-state index in [9.17, 15) is 19.7 Å². The minimum Gasteiger partial charge on any atom is -0.452 e. The minimum atomic E-state index is -0.761. The Morgan fingerprint density at radius 3 is 2.48 bits per heavy atom. The molecule has 8 nitrogen and oxygen atoms in total. The number of nitro benzene ring substituents is 1. The van der Waals surface area contributed by atoms with Crippen molar-refractivity contribution < 1.29 is 19.2 Å². The second-order valence-corrected chi connectivity index (χ2v) is 7.94. The zero-order valence-electron chi connectivity index (χ0n) is 17.8. The molecule has 2 aromatic carbocycles. The van der Waals surface area contributed by atoms with Gasteiger partial charge in [0.05, 0.1) is 10.5 Å². The van der Waals surface area contributed by atoms with Crippen LogP contribution in [0.5, 0.6) is 0 Å². The lowest BCUT2D eigenvalue weighted by molar-refractivity contribution is -0.384. The maximum absolute atomic E-state index is 12.4. The van der Waals surface area contributed by atoms with Gasteiger partial charge >= 0.3 is 5.97 Å². The van der Waals surface area contributed by atoms with Crippen molar-refractivity contribution in [1.29, 1.82) is 0 Å². The van der Waals surface area contributed by atoms with Crippen molar-refractivity contribution >= 4 is 23.3 Å². The van der Waals surface area contributed by atoms with Crippen LogP contribution >= 0.6 is 0 Å². The van der Waals surface area contributed by atoms with Crippen molar-refractivity contribution in [1.82, 2.24) is 4.90 Å². The number of anilines is 1. The van der Waals surface area contributed by atoms with Gasteiger partial charge in [0.1, 0.15) is 5.69 Å². The number of piperidine rings is 1. The molecule has 0 aliphatic carbocycles. The van der Waals surface area contributed by atoms with E-state index >= 15 is 0 Å². The number of carbonyl (C=O) groups excluding carboxylic acids is 2. The monoisotopic (exact) mass is 425 g/mol. The van der Waals surface area contributed by atoms with E-state index in [-0.39, 0.29) is 17.2 Å². The highest BCUT2D eigenvalue weighted by molar-refractivity contribution is 5.93. The summed E-state index contributed by atoms with van der Waals surface area (Å²) in [5.74, 6) is -0.517. The Kier molecular flexibility index (Phi) is 7.23. The third-order valence-electron chi connectivity index (χ3n) is 5.55. The number of esters is 1. The van der Waals surface area contributed by atoms with Crippen LogP contribution in [0, 0.1) is 16.0 Å². The molecule has 0 unspecified atom stereocenters. The lowest BCUT2D eigenvalue weighted by Crippen LogP contribution is -2.33. The average molecular weight is 425 g/mol. The zero-order valence-corrected chi connectivity index (χ0v) is 17.8. The van der Waals surface area contributed by atoms with Crippen molar-refractivity contribution in [2.75, 3.05) is 31.6 Å². The van der Waals surface area contributed by atoms with Crippen molar-refractivity contribution in [3.63, 3.8) is 0 Å². The first-order valence-electron chi connectivity index (χ1n) is 10.3. The maximum Gasteiger partial charge on any atom is 0.338 e. The maximum atomic E-state index is 12.4. The largest absolute Gasteiger partial charge is 0.452 e. The molecule has 1 aliphatic heterocycles. The summed E-state index contributed by atoms with van der Waals surface area (Å²) >= 11 is 0. The van der Waals surface area contributed by atoms with Gasteiger partial charge in [0.15, 0.2) is 6.61 Å². The van der Waals surface area contributed by atoms with E-state index in [1.807, 2.05) is 35.2 Å². The Hall–Kier alpha value is -3.42. The van der Waals surface area contributed by atoms with E-state index in [1.54, 1.807) is 13.1 Å². The second-order valence-electron chi connectivity index (χ2n) is 7.94. The van der Waals surface area contributed by atoms with Crippen molar-refractivity contribution in [2.45, 2.75) is 26.3 Å². The molecule has 1 saturated heterocycles. The summed E-state index contributed by atoms with van der Waals surface area (Å²) in [6, 6.07) is 13.8. The number of rotatable bonds is 7. The first kappa shape index (κ1) is 22.3. The van der Waals surface area contributed by atoms with E-state index in [0.29, 0.717) is 18.2 Å². The highest BCUT2D eigenvalue weighted by Crippen LogP contribution is 2.32. The van der Waals surface area contributed by atoms with Crippen LogP contribution in [0.3, 0.4) is 0 Å². The normalized spacial score (nSPS) is 14.2. The van der Waals surface area contributed by atoms with Crippen LogP contribution in [0.4, 0.5) is 11.4 Å². The van der Waals surface area contributed by atoms with Gasteiger partial charge in [0.25, 0.3) is 11.6 Å². The van der Waals surface area contributed by atoms with Crippen molar-refractivity contribution in [3.05, 3.63) is 69.8 Å². The van der Waals surface area contributed by atoms with Crippen LogP contribution in [0.2, 0.25) is 0 Å². The topological polar surface area (TPSA) is 93.0 Å². The average Bonchev–Trinajstić information content (AvgIpc) is 2.78. The smallest absolute Gasteiger partial charge is 0.338 e. The summed E-state index contributed by atoms with van der Waals surface area (Å²) in [5, 5.41) is 11.6. The standard InChI is InChI=1S/C23H27N3O5/c1-17-10-12-25(13-11-17)20-9-8-19(14-21(20)26(29)30)23(28)31-16-22(27)24(2)15-18-6-4-3-5-7-18/h3-9,14,17H,10-13,15-16H2,1-2H3. The van der Waals surface area contributed by atoms with E-state index in [2.05, 4.69) is 6.92 Å². The number of amides is 1. The molecular weight excluding hydrogens is 398 g/mol. The molecule has 31 heavy (non-hydrogen) atoms. The third-order valence-corrected chi connectivity index (χ3v) is 5.55. The summed E-state index contributed by atoms with van der Waals surface area (Å²) in [6.07, 6.45) is 1.94. The first-order valence-corrected chi connectivity index (χ1v) is 10.3. The van der Waals surface area contributed by atoms with Gasteiger partial charge in [-0.1, -0.05) is 37.3 Å². The summed E-state index contributed by atoms with van der Waals surface area (Å²) in [4.78, 5) is 39.2. The Morgan fingerprint density at radius 2 is 1.84 bits per heavy atom. The Morgan fingerprint density at radius 1 is 1.16 bits per heavy atom. The lowest BCUT2D eigenvalue weighted by atomic mass is 9.98. The van der Waals surface area contributed by atoms with Crippen LogP contribution < -0.4 is 4.90 Å². The van der Waals surface area contributed by atoms with Crippen LogP contribution in [0.15, 0.2) is 48.5 Å². The molecule has 0 spiro atoms. The fraction of sp³-hybridized carbons (Fsp3) is 0.391. The van der Waals surface area contributed by atoms with E-state index < -0.39 is 17.5 Å². The number of nitro groups is 1. The fourth-order valence-electron chi connectivity index (χ4n) is 3.58. The molecule has 0 saturated carbocycles. The molecule has 0 bridgehead atoms. The second kappa shape index (κ2) is 10.1. The quantitative estimate of drug-likeness (QED) is 0.382. The highest BCUT2D eigenvalue weighted by atomic mass is 16.6. The number of ether oxygens (including phenoxy) is 1. The molecule has 2 aromatic rings. The van der Waals surface area contributed by atoms with Gasteiger partial charge in [-0.05, 0) is 36.5 Å². The highest BCUT2D eigenvalue weighted by Gasteiger charge is 2.25. The minimum absolute atomic E-state index is 0.0549. The fourth-order valence-corrected chi connectivity index (χ4v) is 3.58. The zero-order chi connectivity index (χ0) is 22.4. The van der Waals surface area contributed by atoms with Crippen LogP contribution in [-0.4, -0.2) is 48.4 Å². The van der Waals surface area contributed by atoms with Crippen LogP contribution in [0.25, 0.3) is 0 Å². The summed E-state index contributed by atoms with van der Waals surface area (Å²) in [5.41, 5.74) is 1.39. The van der Waals surface area contributed by atoms with Gasteiger partial charge < -0.3 is 14.5 Å². The summed E-state index contributed by atoms with van der Waals surface area (Å²) < 4.78 is 5.12. The number of hydrogen-bond acceptors (Lipinski definition) is 6. The Labute approximate surface area is 181 Å². The number of nitrogens with zero attached hydrogens (tertiary/aromatic N) is 3. The predicted molar refractivity (Wildman–Crippen MR) is 117 cm³/mol. The van der Waals surface area contributed by atoms with E-state index in [1.165, 1.54) is 17.0 Å². The molecule has 8 heteroatoms. The molecule has 0 atom stereocenters. The molecule has 1 amide bonds. The first-order chi connectivity index (χ1) is 14.8. The van der Waals surface area contributed by atoms with Crippen molar-refractivity contribution in [3.8, 4) is 0 Å². The van der Waals surface area contributed by atoms with E-state index in [0.717, 1.165) is 31.5 Å². The van der Waals surface area contributed by atoms with Crippen LogP contribution in [-0.2, 0) is 16.1 Å². The Bertz CT molecular complexity index is 939. The lowest BCUT2D eigenvalue weighted by Gasteiger charge is -2.31. The van der Waals surface area contributed by atoms with Gasteiger partial charge in [-0.15, -0.1) is 0 Å². The predicted octanol–water partition coefficient (Wildman–Crippen LogP) is 3.65. The molecular formula is C23H27N3O5. The SMILES string of the molecule is CC1CCN(c2ccc(C(=O)OCC(=O)N(C)Cc3ccccc3)cc2[N+](=O)[O-])CC1. The Balaban J connectivity index is 1.62. The number of likely N-dealkylation sites (N-methyl/N-ethyl adjacent to an activating group) is 1. The molecule has 1 aliphatic rings. The van der Waals surface area contributed by atoms with Gasteiger partial charge in [0, 0.05) is 32.7 Å². The third kappa shape index (κ3) is 5.81. The van der Waals surface area contributed by atoms with Crippen LogP contribution in [0.1, 0.15) is 35.7 Å². The molecule has 1 fully saturated rings. The van der Waals surface area contributed by atoms with Gasteiger partial charge in [-0.3, -0.25) is 14.9 Å². The van der Waals surface area contributed by atoms with Gasteiger partial charge in [0.2, 0.25) is 0 Å². The molecule has 164 valence electrons. The molecule has 0 aromatic heterocycles. The van der Waals surface area contributed by atoms with Gasteiger partial charge in [-0.25, -0.2) is 4.79 Å². The van der Waals surface area contributed by atoms with Gasteiger partial charge in [-0.2, -0.15) is 0 Å². The number of carbonyl (C=O) groups is 2.